The zero-order valence-corrected chi connectivity index (χ0v) is 12.3. The molecule has 0 spiro atoms. The van der Waals surface area contributed by atoms with Crippen molar-refractivity contribution >= 4 is 22.7 Å². The summed E-state index contributed by atoms with van der Waals surface area (Å²) in [5, 5.41) is 17.2. The van der Waals surface area contributed by atoms with Crippen molar-refractivity contribution in [3.05, 3.63) is 24.3 Å². The Labute approximate surface area is 124 Å². The molecule has 1 aliphatic rings. The molecular formula is C16H22N4O. The number of hydrogen-bond donors (Lipinski definition) is 3. The summed E-state index contributed by atoms with van der Waals surface area (Å²) < 4.78 is 0. The first kappa shape index (κ1) is 14.1. The summed E-state index contributed by atoms with van der Waals surface area (Å²) in [6.45, 7) is 3.06. The number of aliphatic hydroxyl groups excluding tert-OH is 1. The molecule has 1 aromatic heterocycles. The van der Waals surface area contributed by atoms with Crippen molar-refractivity contribution in [1.29, 1.82) is 0 Å². The van der Waals surface area contributed by atoms with Gasteiger partial charge in [-0.3, -0.25) is 0 Å². The van der Waals surface area contributed by atoms with Gasteiger partial charge in [0.05, 0.1) is 5.52 Å². The average Bonchev–Trinajstić information content (AvgIpc) is 2.95. The lowest BCUT2D eigenvalue weighted by Crippen LogP contribution is -2.27. The molecule has 1 saturated carbocycles. The van der Waals surface area contributed by atoms with Gasteiger partial charge in [-0.05, 0) is 31.9 Å². The van der Waals surface area contributed by atoms with Gasteiger partial charge in [-0.25, -0.2) is 4.98 Å². The molecule has 5 heteroatoms. The third kappa shape index (κ3) is 2.93. The van der Waals surface area contributed by atoms with E-state index >= 15 is 0 Å². The molecule has 0 aliphatic heterocycles. The van der Waals surface area contributed by atoms with Crippen LogP contribution in [0.4, 0.5) is 11.8 Å². The molecule has 1 aliphatic carbocycles. The molecule has 1 fully saturated rings. The fourth-order valence-electron chi connectivity index (χ4n) is 3.04. The summed E-state index contributed by atoms with van der Waals surface area (Å²) in [4.78, 5) is 9.14. The second-order valence-electron chi connectivity index (χ2n) is 5.57. The van der Waals surface area contributed by atoms with Gasteiger partial charge in [-0.2, -0.15) is 4.98 Å². The Hall–Kier alpha value is -1.88. The number of benzene rings is 1. The van der Waals surface area contributed by atoms with Gasteiger partial charge in [0.15, 0.2) is 0 Å². The highest BCUT2D eigenvalue weighted by Crippen LogP contribution is 2.30. The van der Waals surface area contributed by atoms with Gasteiger partial charge in [0.25, 0.3) is 0 Å². The van der Waals surface area contributed by atoms with E-state index in [2.05, 4.69) is 20.6 Å². The number of hydrogen-bond acceptors (Lipinski definition) is 5. The molecule has 0 radical (unpaired) electrons. The van der Waals surface area contributed by atoms with Gasteiger partial charge in [-0.1, -0.05) is 18.6 Å². The molecule has 2 atom stereocenters. The van der Waals surface area contributed by atoms with Gasteiger partial charge in [-0.15, -0.1) is 0 Å². The minimum atomic E-state index is 0.237. The number of anilines is 2. The lowest BCUT2D eigenvalue weighted by Gasteiger charge is -2.21. The molecule has 1 aromatic carbocycles. The summed E-state index contributed by atoms with van der Waals surface area (Å²) in [5.41, 5.74) is 0.935. The fourth-order valence-corrected chi connectivity index (χ4v) is 3.04. The highest BCUT2D eigenvalue weighted by molar-refractivity contribution is 5.90. The quantitative estimate of drug-likeness (QED) is 0.788. The lowest BCUT2D eigenvalue weighted by molar-refractivity contribution is 0.222. The SMILES string of the molecule is CCNc1nc(NC2CCCC2CO)c2ccccc2n1. The molecule has 2 unspecified atom stereocenters. The molecule has 21 heavy (non-hydrogen) atoms. The minimum absolute atomic E-state index is 0.237. The normalized spacial score (nSPS) is 21.6. The summed E-state index contributed by atoms with van der Waals surface area (Å²) in [6, 6.07) is 8.32. The van der Waals surface area contributed by atoms with Crippen molar-refractivity contribution in [2.24, 2.45) is 5.92 Å². The van der Waals surface area contributed by atoms with E-state index in [1.807, 2.05) is 31.2 Å². The number of aromatic nitrogens is 2. The number of rotatable bonds is 5. The van der Waals surface area contributed by atoms with Crippen LogP contribution in [0.25, 0.3) is 10.9 Å². The van der Waals surface area contributed by atoms with Crippen molar-refractivity contribution in [2.75, 3.05) is 23.8 Å². The van der Waals surface area contributed by atoms with Gasteiger partial charge < -0.3 is 15.7 Å². The second-order valence-corrected chi connectivity index (χ2v) is 5.57. The molecule has 1 heterocycles. The van der Waals surface area contributed by atoms with Crippen LogP contribution in [0.15, 0.2) is 24.3 Å². The Bertz CT molecular complexity index is 616. The molecule has 2 aromatic rings. The Morgan fingerprint density at radius 3 is 2.90 bits per heavy atom. The number of para-hydroxylation sites is 1. The van der Waals surface area contributed by atoms with Crippen LogP contribution in [0.2, 0.25) is 0 Å². The van der Waals surface area contributed by atoms with Crippen LogP contribution in [0.1, 0.15) is 26.2 Å². The molecule has 112 valence electrons. The van der Waals surface area contributed by atoms with E-state index in [-0.39, 0.29) is 6.61 Å². The van der Waals surface area contributed by atoms with E-state index < -0.39 is 0 Å². The van der Waals surface area contributed by atoms with Crippen LogP contribution in [0.5, 0.6) is 0 Å². The van der Waals surface area contributed by atoms with E-state index in [0.717, 1.165) is 42.5 Å². The predicted molar refractivity (Wildman–Crippen MR) is 85.5 cm³/mol. The smallest absolute Gasteiger partial charge is 0.225 e. The summed E-state index contributed by atoms with van der Waals surface area (Å²) in [6.07, 6.45) is 3.32. The third-order valence-corrected chi connectivity index (χ3v) is 4.15. The highest BCUT2D eigenvalue weighted by Gasteiger charge is 2.27. The summed E-state index contributed by atoms with van der Waals surface area (Å²) in [5.74, 6) is 1.83. The monoisotopic (exact) mass is 286 g/mol. The maximum Gasteiger partial charge on any atom is 0.225 e. The topological polar surface area (TPSA) is 70.1 Å². The van der Waals surface area contributed by atoms with E-state index in [0.29, 0.717) is 17.9 Å². The highest BCUT2D eigenvalue weighted by atomic mass is 16.3. The van der Waals surface area contributed by atoms with Gasteiger partial charge >= 0.3 is 0 Å². The van der Waals surface area contributed by atoms with E-state index in [9.17, 15) is 5.11 Å². The molecule has 3 N–H and O–H groups in total. The van der Waals surface area contributed by atoms with Gasteiger partial charge in [0.2, 0.25) is 5.95 Å². The second kappa shape index (κ2) is 6.26. The van der Waals surface area contributed by atoms with Crippen LogP contribution in [-0.4, -0.2) is 34.3 Å². The molecule has 5 nitrogen and oxygen atoms in total. The Kier molecular flexibility index (Phi) is 4.20. The molecular weight excluding hydrogens is 264 g/mol. The van der Waals surface area contributed by atoms with Crippen LogP contribution >= 0.6 is 0 Å². The Morgan fingerprint density at radius 1 is 1.24 bits per heavy atom. The molecule has 3 rings (SSSR count). The van der Waals surface area contributed by atoms with Crippen molar-refractivity contribution in [1.82, 2.24) is 9.97 Å². The lowest BCUT2D eigenvalue weighted by atomic mass is 10.0. The zero-order valence-electron chi connectivity index (χ0n) is 12.3. The summed E-state index contributed by atoms with van der Waals surface area (Å²) >= 11 is 0. The first-order valence-electron chi connectivity index (χ1n) is 7.70. The number of nitrogens with zero attached hydrogens (tertiary/aromatic N) is 2. The van der Waals surface area contributed by atoms with Crippen molar-refractivity contribution in [2.45, 2.75) is 32.2 Å². The Morgan fingerprint density at radius 2 is 2.10 bits per heavy atom. The largest absolute Gasteiger partial charge is 0.396 e. The maximum atomic E-state index is 9.48. The fraction of sp³-hybridized carbons (Fsp3) is 0.500. The number of nitrogens with one attached hydrogen (secondary N) is 2. The number of fused-ring (bicyclic) bond motifs is 1. The molecule has 0 bridgehead atoms. The van der Waals surface area contributed by atoms with E-state index in [4.69, 9.17) is 0 Å². The molecule has 0 saturated heterocycles. The van der Waals surface area contributed by atoms with Crippen LogP contribution in [0.3, 0.4) is 0 Å². The minimum Gasteiger partial charge on any atom is -0.396 e. The first-order valence-corrected chi connectivity index (χ1v) is 7.70. The first-order chi connectivity index (χ1) is 10.3. The predicted octanol–water partition coefficient (Wildman–Crippen LogP) is 2.63. The van der Waals surface area contributed by atoms with E-state index in [1.165, 1.54) is 0 Å². The summed E-state index contributed by atoms with van der Waals surface area (Å²) in [7, 11) is 0. The average molecular weight is 286 g/mol. The van der Waals surface area contributed by atoms with E-state index in [1.54, 1.807) is 0 Å². The van der Waals surface area contributed by atoms with Crippen molar-refractivity contribution < 1.29 is 5.11 Å². The molecule has 0 amide bonds. The standard InChI is InChI=1S/C16H22N4O/c1-2-17-16-19-14-8-4-3-7-12(14)15(20-16)18-13-9-5-6-11(13)10-21/h3-4,7-8,11,13,21H,2,5-6,9-10H2,1H3,(H2,17,18,19,20). The van der Waals surface area contributed by atoms with Gasteiger partial charge in [0.1, 0.15) is 5.82 Å². The van der Waals surface area contributed by atoms with Crippen LogP contribution in [0, 0.1) is 5.92 Å². The van der Waals surface area contributed by atoms with Gasteiger partial charge in [0, 0.05) is 30.5 Å². The van der Waals surface area contributed by atoms with Crippen molar-refractivity contribution in [3.63, 3.8) is 0 Å². The van der Waals surface area contributed by atoms with Crippen LogP contribution < -0.4 is 10.6 Å². The maximum absolute atomic E-state index is 9.48. The number of aliphatic hydroxyl groups is 1. The van der Waals surface area contributed by atoms with Crippen molar-refractivity contribution in [3.8, 4) is 0 Å². The Balaban J connectivity index is 1.95. The zero-order chi connectivity index (χ0) is 14.7. The van der Waals surface area contributed by atoms with Crippen LogP contribution in [-0.2, 0) is 0 Å². The third-order valence-electron chi connectivity index (χ3n) is 4.15.